The first-order valence-corrected chi connectivity index (χ1v) is 13.5. The summed E-state index contributed by atoms with van der Waals surface area (Å²) in [5.41, 5.74) is 1.24. The predicted molar refractivity (Wildman–Crippen MR) is 147 cm³/mol. The van der Waals surface area contributed by atoms with E-state index in [1.54, 1.807) is 24.3 Å². The van der Waals surface area contributed by atoms with Gasteiger partial charge >= 0.3 is 12.1 Å². The Balaban J connectivity index is 1.30. The van der Waals surface area contributed by atoms with Gasteiger partial charge in [-0.05, 0) is 86.4 Å². The van der Waals surface area contributed by atoms with Crippen LogP contribution in [0.1, 0.15) is 59.5 Å². The van der Waals surface area contributed by atoms with Crippen molar-refractivity contribution >= 4 is 31.2 Å². The molecule has 1 aromatic heterocycles. The highest BCUT2D eigenvalue weighted by molar-refractivity contribution is 6.64. The van der Waals surface area contributed by atoms with Crippen LogP contribution in [0.25, 0.3) is 0 Å². The van der Waals surface area contributed by atoms with E-state index in [0.717, 1.165) is 43.9 Å². The average molecular weight is 550 g/mol. The van der Waals surface area contributed by atoms with Gasteiger partial charge in [0.25, 0.3) is 7.41 Å². The molecule has 40 heavy (non-hydrogen) atoms. The van der Waals surface area contributed by atoms with Gasteiger partial charge < -0.3 is 20.0 Å². The Bertz CT molecular complexity index is 1370. The number of aryl methyl sites for hydroxylation is 2. The highest BCUT2D eigenvalue weighted by Gasteiger charge is 2.52. The van der Waals surface area contributed by atoms with Crippen LogP contribution >= 0.6 is 0 Å². The molecule has 11 heteroatoms. The van der Waals surface area contributed by atoms with Crippen LogP contribution in [0.2, 0.25) is 0 Å². The number of carboxylic acids is 1. The molecule has 1 aliphatic heterocycles. The van der Waals surface area contributed by atoms with Crippen molar-refractivity contribution in [2.24, 2.45) is 0 Å². The van der Waals surface area contributed by atoms with Gasteiger partial charge in [-0.3, -0.25) is 4.79 Å². The van der Waals surface area contributed by atoms with Crippen LogP contribution in [-0.2, 0) is 34.0 Å². The number of nitrogens with zero attached hydrogens (tertiary/aromatic N) is 3. The normalized spacial score (nSPS) is 17.3. The monoisotopic (exact) mass is 550 g/mol. The molecule has 3 aromatic rings. The number of carbonyl (C=O) groups excluding carboxylic acids is 1. The molecular weight excluding hydrogens is 520 g/mol. The molecule has 2 aromatic carbocycles. The van der Waals surface area contributed by atoms with E-state index in [1.165, 1.54) is 5.56 Å². The van der Waals surface area contributed by atoms with Gasteiger partial charge in [0, 0.05) is 11.9 Å². The SMILES string of the molecule is O=CBN1CCC(c2ccc(Nc3ncc(C(F)(F)F)c(CCc4ccccc4C4(C(=O)O)CC4)n3)cc2)CC1. The molecule has 0 spiro atoms. The summed E-state index contributed by atoms with van der Waals surface area (Å²) in [6.45, 7) is 1.74. The minimum atomic E-state index is -4.62. The molecule has 0 bridgehead atoms. The molecule has 2 aliphatic rings. The van der Waals surface area contributed by atoms with Crippen molar-refractivity contribution in [3.05, 3.63) is 82.7 Å². The van der Waals surface area contributed by atoms with Crippen molar-refractivity contribution < 1.29 is 27.9 Å². The lowest BCUT2D eigenvalue weighted by Gasteiger charge is -2.30. The number of nitrogens with one attached hydrogen (secondary N) is 1. The quantitative estimate of drug-likeness (QED) is 0.275. The summed E-state index contributed by atoms with van der Waals surface area (Å²) in [5.74, 6) is -0.445. The number of rotatable bonds is 10. The molecule has 1 saturated carbocycles. The van der Waals surface area contributed by atoms with Crippen LogP contribution in [0, 0.1) is 0 Å². The Morgan fingerprint density at radius 2 is 1.80 bits per heavy atom. The van der Waals surface area contributed by atoms with Crippen LogP contribution in [0.5, 0.6) is 0 Å². The number of carboxylic acid groups (broad SMARTS) is 1. The molecule has 5 rings (SSSR count). The van der Waals surface area contributed by atoms with Gasteiger partial charge in [0.15, 0.2) is 0 Å². The maximum Gasteiger partial charge on any atom is 0.419 e. The second kappa shape index (κ2) is 11.4. The molecule has 0 amide bonds. The second-order valence-corrected chi connectivity index (χ2v) is 10.6. The first kappa shape index (κ1) is 27.8. The highest BCUT2D eigenvalue weighted by atomic mass is 19.4. The van der Waals surface area contributed by atoms with E-state index in [2.05, 4.69) is 20.1 Å². The zero-order valence-corrected chi connectivity index (χ0v) is 22.0. The Morgan fingerprint density at radius 3 is 2.42 bits per heavy atom. The number of hydrogen-bond donors (Lipinski definition) is 2. The second-order valence-electron chi connectivity index (χ2n) is 10.6. The maximum atomic E-state index is 13.8. The van der Waals surface area contributed by atoms with Gasteiger partial charge in [0.2, 0.25) is 5.95 Å². The van der Waals surface area contributed by atoms with Crippen LogP contribution in [0.4, 0.5) is 24.8 Å². The molecule has 208 valence electrons. The third-order valence-corrected chi connectivity index (χ3v) is 8.06. The summed E-state index contributed by atoms with van der Waals surface area (Å²) in [7, 11) is 0.459. The van der Waals surface area contributed by atoms with E-state index >= 15 is 0 Å². The average Bonchev–Trinajstić information content (AvgIpc) is 3.75. The third-order valence-electron chi connectivity index (χ3n) is 8.06. The molecule has 7 nitrogen and oxygen atoms in total. The lowest BCUT2D eigenvalue weighted by atomic mass is 9.84. The molecule has 0 radical (unpaired) electrons. The van der Waals surface area contributed by atoms with Crippen molar-refractivity contribution in [3.63, 3.8) is 0 Å². The van der Waals surface area contributed by atoms with Crippen LogP contribution < -0.4 is 5.32 Å². The van der Waals surface area contributed by atoms with E-state index in [0.29, 0.717) is 37.4 Å². The van der Waals surface area contributed by atoms with Gasteiger partial charge in [-0.1, -0.05) is 36.4 Å². The molecule has 0 unspecified atom stereocenters. The smallest absolute Gasteiger partial charge is 0.419 e. The highest BCUT2D eigenvalue weighted by Crippen LogP contribution is 2.49. The van der Waals surface area contributed by atoms with Crippen molar-refractivity contribution in [3.8, 4) is 0 Å². The number of piperidine rings is 1. The number of alkyl halides is 3. The van der Waals surface area contributed by atoms with E-state index in [9.17, 15) is 27.9 Å². The summed E-state index contributed by atoms with van der Waals surface area (Å²) in [6.07, 6.45) is 0.292. The Morgan fingerprint density at radius 1 is 1.10 bits per heavy atom. The summed E-state index contributed by atoms with van der Waals surface area (Å²) in [5, 5.41) is 12.7. The molecule has 2 heterocycles. The van der Waals surface area contributed by atoms with E-state index in [-0.39, 0.29) is 24.5 Å². The molecule has 0 atom stereocenters. The van der Waals surface area contributed by atoms with Crippen LogP contribution in [0.15, 0.2) is 54.7 Å². The molecule has 2 N–H and O–H groups in total. The zero-order chi connectivity index (χ0) is 28.3. The minimum absolute atomic E-state index is 0.0134. The topological polar surface area (TPSA) is 95.4 Å². The number of aromatic nitrogens is 2. The van der Waals surface area contributed by atoms with Crippen molar-refractivity contribution in [2.45, 2.75) is 56.0 Å². The summed E-state index contributed by atoms with van der Waals surface area (Å²) < 4.78 is 41.4. The van der Waals surface area contributed by atoms with Gasteiger partial charge in [0.1, 0.15) is 0 Å². The fraction of sp³-hybridized carbons (Fsp3) is 0.379. The zero-order valence-electron chi connectivity index (χ0n) is 22.0. The van der Waals surface area contributed by atoms with E-state index < -0.39 is 23.1 Å². The number of benzene rings is 2. The number of aliphatic carboxylic acids is 1. The van der Waals surface area contributed by atoms with Crippen molar-refractivity contribution in [1.29, 1.82) is 0 Å². The molecule has 1 aliphatic carbocycles. The molecular formula is C29H30BF3N4O3. The Kier molecular flexibility index (Phi) is 7.94. The fourth-order valence-electron chi connectivity index (χ4n) is 5.61. The van der Waals surface area contributed by atoms with Crippen LogP contribution in [0.3, 0.4) is 0 Å². The summed E-state index contributed by atoms with van der Waals surface area (Å²) in [6, 6.07) is 14.8. The van der Waals surface area contributed by atoms with Crippen molar-refractivity contribution in [2.75, 3.05) is 18.4 Å². The lowest BCUT2D eigenvalue weighted by Crippen LogP contribution is -2.36. The number of carbonyl (C=O) groups is 2. The van der Waals surface area contributed by atoms with Crippen LogP contribution in [-0.4, -0.2) is 52.5 Å². The predicted octanol–water partition coefficient (Wildman–Crippen LogP) is 4.86. The van der Waals surface area contributed by atoms with E-state index in [1.807, 2.05) is 24.3 Å². The first-order valence-electron chi connectivity index (χ1n) is 13.5. The standard InChI is InChI=1S/C29H30BF3N4O3/c31-29(32,33)24-17-34-27(35-22-8-5-19(6-9-22)20-11-15-37(16-12-20)30-18-38)36-25(24)10-7-21-3-1-2-4-23(21)28(13-14-28)26(39)40/h1-6,8-9,17-18,20,30H,7,10-16H2,(H,39,40)(H,34,35,36). The largest absolute Gasteiger partial charge is 0.481 e. The summed E-state index contributed by atoms with van der Waals surface area (Å²) >= 11 is 0. The Hall–Kier alpha value is -3.73. The lowest BCUT2D eigenvalue weighted by molar-refractivity contribution is -0.140. The van der Waals surface area contributed by atoms with Crippen molar-refractivity contribution in [1.82, 2.24) is 14.8 Å². The minimum Gasteiger partial charge on any atom is -0.481 e. The number of halogens is 3. The number of anilines is 2. The maximum absolute atomic E-state index is 13.8. The molecule has 2 fully saturated rings. The fourth-order valence-corrected chi connectivity index (χ4v) is 5.61. The van der Waals surface area contributed by atoms with Gasteiger partial charge in [-0.15, -0.1) is 0 Å². The third kappa shape index (κ3) is 6.04. The van der Waals surface area contributed by atoms with Gasteiger partial charge in [0.05, 0.1) is 22.9 Å². The van der Waals surface area contributed by atoms with Gasteiger partial charge in [-0.2, -0.15) is 13.2 Å². The van der Waals surface area contributed by atoms with Gasteiger partial charge in [-0.25, -0.2) is 9.97 Å². The Labute approximate surface area is 231 Å². The summed E-state index contributed by atoms with van der Waals surface area (Å²) in [4.78, 5) is 32.9. The number of hydrogen-bond acceptors (Lipinski definition) is 6. The first-order chi connectivity index (χ1) is 19.2. The molecule has 1 saturated heterocycles. The van der Waals surface area contributed by atoms with E-state index in [4.69, 9.17) is 0 Å².